The quantitative estimate of drug-likeness (QED) is 0.632. The number of benzene rings is 2. The minimum atomic E-state index is -0.857. The average Bonchev–Trinajstić information content (AvgIpc) is 2.79. The van der Waals surface area contributed by atoms with Crippen LogP contribution in [-0.4, -0.2) is 52.6 Å². The van der Waals surface area contributed by atoms with Crippen molar-refractivity contribution in [2.45, 2.75) is 69.0 Å². The summed E-state index contributed by atoms with van der Waals surface area (Å²) in [5.41, 5.74) is 1.10. The number of aliphatic hydroxyl groups is 2. The number of piperidine rings is 1. The molecule has 0 atom stereocenters. The van der Waals surface area contributed by atoms with E-state index in [1.807, 2.05) is 25.1 Å². The van der Waals surface area contributed by atoms with E-state index >= 15 is 0 Å². The molecular weight excluding hydrogens is 422 g/mol. The van der Waals surface area contributed by atoms with Crippen molar-refractivity contribution >= 4 is 11.6 Å². The maximum Gasteiger partial charge on any atom is 0.138 e. The first-order chi connectivity index (χ1) is 15.2. The highest BCUT2D eigenvalue weighted by Crippen LogP contribution is 2.43. The summed E-state index contributed by atoms with van der Waals surface area (Å²) < 4.78 is 5.88. The lowest BCUT2D eigenvalue weighted by Crippen LogP contribution is -2.53. The molecule has 0 spiro atoms. The van der Waals surface area contributed by atoms with Gasteiger partial charge in [0.05, 0.1) is 10.6 Å². The van der Waals surface area contributed by atoms with Gasteiger partial charge in [-0.1, -0.05) is 54.9 Å². The summed E-state index contributed by atoms with van der Waals surface area (Å²) >= 11 is 6.22. The van der Waals surface area contributed by atoms with Crippen molar-refractivity contribution in [3.63, 3.8) is 0 Å². The Morgan fingerprint density at radius 1 is 0.906 bits per heavy atom. The Morgan fingerprint density at radius 2 is 1.56 bits per heavy atom. The molecule has 0 amide bonds. The smallest absolute Gasteiger partial charge is 0.138 e. The van der Waals surface area contributed by atoms with Crippen LogP contribution in [0.4, 0.5) is 0 Å². The zero-order valence-electron chi connectivity index (χ0n) is 19.3. The van der Waals surface area contributed by atoms with E-state index in [2.05, 4.69) is 42.2 Å². The van der Waals surface area contributed by atoms with Gasteiger partial charge in [-0.05, 0) is 74.1 Å². The predicted molar refractivity (Wildman–Crippen MR) is 130 cm³/mol. The molecule has 2 aromatic rings. The fourth-order valence-corrected chi connectivity index (χ4v) is 5.35. The molecule has 0 unspecified atom stereocenters. The molecule has 2 aliphatic rings. The first-order valence-electron chi connectivity index (χ1n) is 11.8. The second-order valence-corrected chi connectivity index (χ2v) is 10.8. The summed E-state index contributed by atoms with van der Waals surface area (Å²) in [5.74, 6) is 0.625. The minimum Gasteiger partial charge on any atom is -0.489 e. The third kappa shape index (κ3) is 5.48. The molecule has 1 heterocycles. The molecule has 174 valence electrons. The van der Waals surface area contributed by atoms with Crippen LogP contribution in [0.5, 0.6) is 5.75 Å². The Labute approximate surface area is 197 Å². The summed E-state index contributed by atoms with van der Waals surface area (Å²) in [6.45, 7) is 6.76. The fourth-order valence-electron chi connectivity index (χ4n) is 5.18. The third-order valence-electron chi connectivity index (χ3n) is 7.64. The van der Waals surface area contributed by atoms with E-state index in [4.69, 9.17) is 16.3 Å². The Kier molecular flexibility index (Phi) is 6.88. The Hall–Kier alpha value is -1.59. The molecule has 1 aliphatic heterocycles. The number of rotatable bonds is 6. The van der Waals surface area contributed by atoms with Gasteiger partial charge in [-0.2, -0.15) is 0 Å². The van der Waals surface area contributed by atoms with Crippen LogP contribution in [0.2, 0.25) is 5.02 Å². The molecule has 0 bridgehead atoms. The van der Waals surface area contributed by atoms with Gasteiger partial charge < -0.3 is 19.8 Å². The lowest BCUT2D eigenvalue weighted by atomic mass is 9.66. The van der Waals surface area contributed by atoms with Crippen molar-refractivity contribution in [1.29, 1.82) is 0 Å². The van der Waals surface area contributed by atoms with Crippen LogP contribution in [0.1, 0.15) is 56.6 Å². The Bertz CT molecular complexity index is 900. The van der Waals surface area contributed by atoms with Gasteiger partial charge in [0.15, 0.2) is 0 Å². The van der Waals surface area contributed by atoms with Crippen LogP contribution in [0, 0.1) is 6.92 Å². The highest BCUT2D eigenvalue weighted by Gasteiger charge is 2.42. The zero-order chi connectivity index (χ0) is 22.8. The molecule has 2 aromatic carbocycles. The summed E-state index contributed by atoms with van der Waals surface area (Å²) in [6, 6.07) is 16.4. The topological polar surface area (TPSA) is 52.9 Å². The second kappa shape index (κ2) is 9.34. The first kappa shape index (κ1) is 23.6. The standard InChI is InChI=1S/C27H36ClNO3/c1-21-8-9-23(28)24(18-21)32-20-27(31)14-16-29(17-15-27)19-26(30)12-10-25(2,11-13-26)22-6-4-3-5-7-22/h3-9,18,30-31H,10-17,19-20H2,1-2H3. The van der Waals surface area contributed by atoms with Crippen molar-refractivity contribution < 1.29 is 14.9 Å². The SMILES string of the molecule is Cc1ccc(Cl)c(OCC2(O)CCN(CC3(O)CCC(C)(c4ccccc4)CC3)CC2)c1. The number of nitrogens with zero attached hydrogens (tertiary/aromatic N) is 1. The van der Waals surface area contributed by atoms with Gasteiger partial charge in [0.2, 0.25) is 0 Å². The van der Waals surface area contributed by atoms with E-state index in [0.717, 1.165) is 44.3 Å². The molecule has 5 heteroatoms. The number of β-amino-alcohol motifs (C(OH)–C–C–N with tert-alkyl or cyclic N) is 1. The van der Waals surface area contributed by atoms with Crippen LogP contribution in [-0.2, 0) is 5.41 Å². The van der Waals surface area contributed by atoms with Gasteiger partial charge in [-0.25, -0.2) is 0 Å². The second-order valence-electron chi connectivity index (χ2n) is 10.4. The maximum absolute atomic E-state index is 11.3. The first-order valence-corrected chi connectivity index (χ1v) is 12.2. The number of hydrogen-bond acceptors (Lipinski definition) is 4. The van der Waals surface area contributed by atoms with Gasteiger partial charge in [-0.3, -0.25) is 0 Å². The lowest BCUT2D eigenvalue weighted by Gasteiger charge is -2.46. The monoisotopic (exact) mass is 457 g/mol. The van der Waals surface area contributed by atoms with Gasteiger partial charge in [0.25, 0.3) is 0 Å². The molecule has 4 rings (SSSR count). The Morgan fingerprint density at radius 3 is 2.22 bits per heavy atom. The number of ether oxygens (including phenoxy) is 1. The number of hydrogen-bond donors (Lipinski definition) is 2. The molecule has 2 N–H and O–H groups in total. The lowest BCUT2D eigenvalue weighted by molar-refractivity contribution is -0.0818. The average molecular weight is 458 g/mol. The molecule has 4 nitrogen and oxygen atoms in total. The van der Waals surface area contributed by atoms with E-state index in [-0.39, 0.29) is 12.0 Å². The number of likely N-dealkylation sites (tertiary alicyclic amines) is 1. The van der Waals surface area contributed by atoms with E-state index < -0.39 is 11.2 Å². The number of halogens is 1. The molecule has 1 saturated heterocycles. The van der Waals surface area contributed by atoms with Crippen LogP contribution in [0.25, 0.3) is 0 Å². The highest BCUT2D eigenvalue weighted by molar-refractivity contribution is 6.32. The minimum absolute atomic E-state index is 0.143. The summed E-state index contributed by atoms with van der Waals surface area (Å²) in [6.07, 6.45) is 4.89. The zero-order valence-corrected chi connectivity index (χ0v) is 20.1. The molecule has 1 saturated carbocycles. The van der Waals surface area contributed by atoms with Gasteiger partial charge in [0, 0.05) is 19.6 Å². The normalized spacial score (nSPS) is 28.4. The van der Waals surface area contributed by atoms with Gasteiger partial charge in [-0.15, -0.1) is 0 Å². The Balaban J connectivity index is 1.27. The van der Waals surface area contributed by atoms with Crippen LogP contribution in [0.15, 0.2) is 48.5 Å². The largest absolute Gasteiger partial charge is 0.489 e. The van der Waals surface area contributed by atoms with Crippen molar-refractivity contribution in [2.75, 3.05) is 26.2 Å². The summed E-state index contributed by atoms with van der Waals surface area (Å²) in [7, 11) is 0. The van der Waals surface area contributed by atoms with Crippen molar-refractivity contribution in [2.24, 2.45) is 0 Å². The third-order valence-corrected chi connectivity index (χ3v) is 7.95. The van der Waals surface area contributed by atoms with Gasteiger partial charge in [0.1, 0.15) is 18.0 Å². The van der Waals surface area contributed by atoms with E-state index in [1.54, 1.807) is 0 Å². The highest BCUT2D eigenvalue weighted by atomic mass is 35.5. The molecule has 0 radical (unpaired) electrons. The van der Waals surface area contributed by atoms with Crippen LogP contribution >= 0.6 is 11.6 Å². The fraction of sp³-hybridized carbons (Fsp3) is 0.556. The summed E-state index contributed by atoms with van der Waals surface area (Å²) in [5, 5.41) is 22.9. The molecule has 0 aromatic heterocycles. The van der Waals surface area contributed by atoms with E-state index in [0.29, 0.717) is 30.2 Å². The van der Waals surface area contributed by atoms with Crippen molar-refractivity contribution in [1.82, 2.24) is 4.90 Å². The van der Waals surface area contributed by atoms with Crippen LogP contribution in [0.3, 0.4) is 0 Å². The van der Waals surface area contributed by atoms with Crippen molar-refractivity contribution in [3.05, 3.63) is 64.7 Å². The predicted octanol–water partition coefficient (Wildman–Crippen LogP) is 5.12. The van der Waals surface area contributed by atoms with Crippen LogP contribution < -0.4 is 4.74 Å². The van der Waals surface area contributed by atoms with Crippen molar-refractivity contribution in [3.8, 4) is 5.75 Å². The molecule has 2 fully saturated rings. The maximum atomic E-state index is 11.3. The number of aryl methyl sites for hydroxylation is 1. The summed E-state index contributed by atoms with van der Waals surface area (Å²) in [4.78, 5) is 2.30. The van der Waals surface area contributed by atoms with Gasteiger partial charge >= 0.3 is 0 Å². The molecular formula is C27H36ClNO3. The molecule has 1 aliphatic carbocycles. The van der Waals surface area contributed by atoms with E-state index in [1.165, 1.54) is 5.56 Å². The van der Waals surface area contributed by atoms with E-state index in [9.17, 15) is 10.2 Å². The molecule has 32 heavy (non-hydrogen) atoms.